The van der Waals surface area contributed by atoms with E-state index in [1.165, 1.54) is 9.80 Å². The zero-order valence-corrected chi connectivity index (χ0v) is 39.5. The standard InChI is InChI=1S/C48H60F6N8O8/c1-27(59(3)45(69)47(49,50)51)39(63)57-35(43(67)61-25-11-21-37(61)41(65)55-33-19-9-15-29-13-5-7-17-31(29)33)23-24-36(58-40(64)28(2)60(4)46(70)48(52,53)54)44(68)62-26-12-22-38(62)42(66)56-34-20-10-16-30-14-6-8-18-32(30)34/h5-8,13-14,17-18,27-28,33-38H,9-12,15-16,19-26H2,1-4H3,(H,55,65)(H,56,66)(H,57,63)(H,58,64)/t27-,28-,33+,34+,35-,36-,37-,38-/m0/s1. The molecule has 0 spiro atoms. The molecule has 4 N–H and O–H groups in total. The second-order valence-corrected chi connectivity index (χ2v) is 18.6. The van der Waals surface area contributed by atoms with Crippen molar-refractivity contribution in [1.82, 2.24) is 40.9 Å². The van der Waals surface area contributed by atoms with Gasteiger partial charge in [-0.15, -0.1) is 0 Å². The number of benzene rings is 2. The Morgan fingerprint density at radius 2 is 0.929 bits per heavy atom. The molecule has 0 aromatic heterocycles. The highest BCUT2D eigenvalue weighted by atomic mass is 19.4. The van der Waals surface area contributed by atoms with Crippen LogP contribution < -0.4 is 21.3 Å². The molecule has 0 unspecified atom stereocenters. The SMILES string of the molecule is C[C@@H](C(=O)N[C@@H](CC[C@H](NC(=O)[C@H](C)N(C)C(=O)C(F)(F)F)C(=O)N1CCC[C@H]1C(=O)N[C@@H]1CCCc2ccccc21)C(=O)N1CCC[C@H]1C(=O)N[C@@H]1CCCc2ccccc21)N(C)C(=O)C(F)(F)F. The smallest absolute Gasteiger partial charge is 0.347 e. The van der Waals surface area contributed by atoms with Crippen molar-refractivity contribution in [3.8, 4) is 0 Å². The van der Waals surface area contributed by atoms with E-state index in [-0.39, 0.29) is 47.8 Å². The molecule has 2 aromatic carbocycles. The highest BCUT2D eigenvalue weighted by molar-refractivity contribution is 5.97. The summed E-state index contributed by atoms with van der Waals surface area (Å²) < 4.78 is 80.8. The summed E-state index contributed by atoms with van der Waals surface area (Å²) in [4.78, 5) is 112. The molecule has 0 radical (unpaired) electrons. The molecule has 6 rings (SSSR count). The van der Waals surface area contributed by atoms with Crippen molar-refractivity contribution in [3.05, 3.63) is 70.8 Å². The van der Waals surface area contributed by atoms with E-state index in [2.05, 4.69) is 21.3 Å². The number of rotatable bonds is 15. The van der Waals surface area contributed by atoms with Gasteiger partial charge in [-0.05, 0) is 113 Å². The minimum Gasteiger partial charge on any atom is -0.347 e. The highest BCUT2D eigenvalue weighted by Gasteiger charge is 2.47. The van der Waals surface area contributed by atoms with E-state index >= 15 is 0 Å². The molecule has 2 aromatic rings. The number of carbonyl (C=O) groups excluding carboxylic acids is 8. The number of carbonyl (C=O) groups is 8. The van der Waals surface area contributed by atoms with Crippen molar-refractivity contribution in [3.63, 3.8) is 0 Å². The summed E-state index contributed by atoms with van der Waals surface area (Å²) in [6, 6.07) is 5.29. The normalized spacial score (nSPS) is 21.7. The van der Waals surface area contributed by atoms with Crippen LogP contribution in [0.2, 0.25) is 0 Å². The summed E-state index contributed by atoms with van der Waals surface area (Å²) in [5.74, 6) is -9.89. The summed E-state index contributed by atoms with van der Waals surface area (Å²) in [6.07, 6.45) is -6.29. The van der Waals surface area contributed by atoms with Crippen LogP contribution in [0.3, 0.4) is 0 Å². The Bertz CT molecular complexity index is 2160. The Labute approximate surface area is 401 Å². The topological polar surface area (TPSA) is 198 Å². The number of likely N-dealkylation sites (tertiary alicyclic amines) is 2. The average Bonchev–Trinajstić information content (AvgIpc) is 4.04. The van der Waals surface area contributed by atoms with Crippen molar-refractivity contribution < 1.29 is 64.7 Å². The lowest BCUT2D eigenvalue weighted by Gasteiger charge is -2.34. The molecule has 382 valence electrons. The maximum Gasteiger partial charge on any atom is 0.471 e. The van der Waals surface area contributed by atoms with E-state index in [9.17, 15) is 64.7 Å². The molecule has 0 bridgehead atoms. The van der Waals surface area contributed by atoms with Crippen LogP contribution in [-0.4, -0.2) is 143 Å². The van der Waals surface area contributed by atoms with Gasteiger partial charge in [-0.2, -0.15) is 26.3 Å². The number of hydrogen-bond donors (Lipinski definition) is 4. The predicted molar refractivity (Wildman–Crippen MR) is 240 cm³/mol. The molecule has 8 atom stereocenters. The number of aryl methyl sites for hydroxylation is 2. The lowest BCUT2D eigenvalue weighted by molar-refractivity contribution is -0.186. The van der Waals surface area contributed by atoms with Gasteiger partial charge in [0.25, 0.3) is 0 Å². The van der Waals surface area contributed by atoms with Gasteiger partial charge in [0.2, 0.25) is 35.4 Å². The lowest BCUT2D eigenvalue weighted by atomic mass is 9.87. The van der Waals surface area contributed by atoms with Crippen molar-refractivity contribution >= 4 is 47.3 Å². The van der Waals surface area contributed by atoms with Gasteiger partial charge in [-0.1, -0.05) is 48.5 Å². The van der Waals surface area contributed by atoms with E-state index in [1.807, 2.05) is 48.5 Å². The number of alkyl halides is 6. The molecule has 16 nitrogen and oxygen atoms in total. The van der Waals surface area contributed by atoms with E-state index in [0.717, 1.165) is 75.9 Å². The zero-order valence-electron chi connectivity index (χ0n) is 39.5. The number of nitrogens with one attached hydrogen (secondary N) is 4. The van der Waals surface area contributed by atoms with E-state index in [0.29, 0.717) is 25.7 Å². The number of halogens is 6. The first-order valence-electron chi connectivity index (χ1n) is 23.7. The third kappa shape index (κ3) is 12.2. The van der Waals surface area contributed by atoms with Gasteiger partial charge in [0.15, 0.2) is 0 Å². The summed E-state index contributed by atoms with van der Waals surface area (Å²) in [7, 11) is 1.48. The Morgan fingerprint density at radius 1 is 0.571 bits per heavy atom. The number of hydrogen-bond acceptors (Lipinski definition) is 8. The first kappa shape index (κ1) is 53.1. The van der Waals surface area contributed by atoms with Gasteiger partial charge in [-0.3, -0.25) is 38.4 Å². The first-order chi connectivity index (χ1) is 33.0. The molecule has 8 amide bonds. The van der Waals surface area contributed by atoms with Crippen molar-refractivity contribution in [2.24, 2.45) is 0 Å². The van der Waals surface area contributed by atoms with Gasteiger partial charge < -0.3 is 40.9 Å². The van der Waals surface area contributed by atoms with Gasteiger partial charge >= 0.3 is 24.2 Å². The molecule has 2 fully saturated rings. The van der Waals surface area contributed by atoms with Crippen LogP contribution in [-0.2, 0) is 51.2 Å². The Morgan fingerprint density at radius 3 is 1.29 bits per heavy atom. The Hall–Kier alpha value is -6.22. The van der Waals surface area contributed by atoms with Gasteiger partial charge in [-0.25, -0.2) is 0 Å². The maximum absolute atomic E-state index is 14.7. The fourth-order valence-corrected chi connectivity index (χ4v) is 9.89. The average molecular weight is 991 g/mol. The predicted octanol–water partition coefficient (Wildman–Crippen LogP) is 3.92. The van der Waals surface area contributed by atoms with Gasteiger partial charge in [0.1, 0.15) is 36.3 Å². The molecule has 2 heterocycles. The van der Waals surface area contributed by atoms with Crippen molar-refractivity contribution in [2.45, 2.75) is 152 Å². The van der Waals surface area contributed by atoms with E-state index in [1.54, 1.807) is 0 Å². The van der Waals surface area contributed by atoms with Crippen LogP contribution in [0, 0.1) is 0 Å². The molecule has 2 saturated heterocycles. The minimum absolute atomic E-state index is 0.0127. The molecule has 70 heavy (non-hydrogen) atoms. The van der Waals surface area contributed by atoms with Gasteiger partial charge in [0, 0.05) is 27.2 Å². The van der Waals surface area contributed by atoms with Crippen LogP contribution in [0.4, 0.5) is 26.3 Å². The van der Waals surface area contributed by atoms with Crippen LogP contribution in [0.15, 0.2) is 48.5 Å². The summed E-state index contributed by atoms with van der Waals surface area (Å²) >= 11 is 0. The van der Waals surface area contributed by atoms with Crippen molar-refractivity contribution in [1.29, 1.82) is 0 Å². The molecular weight excluding hydrogens is 931 g/mol. The summed E-state index contributed by atoms with van der Waals surface area (Å²) in [5, 5.41) is 10.9. The fourth-order valence-electron chi connectivity index (χ4n) is 9.89. The molecule has 4 aliphatic rings. The molecule has 22 heteroatoms. The number of fused-ring (bicyclic) bond motifs is 2. The van der Waals surface area contributed by atoms with Crippen LogP contribution in [0.1, 0.15) is 112 Å². The maximum atomic E-state index is 14.7. The Balaban J connectivity index is 1.28. The summed E-state index contributed by atoms with van der Waals surface area (Å²) in [5.41, 5.74) is 3.97. The van der Waals surface area contributed by atoms with Crippen LogP contribution in [0.25, 0.3) is 0 Å². The molecule has 0 saturated carbocycles. The molecule has 2 aliphatic heterocycles. The van der Waals surface area contributed by atoms with E-state index < -0.39 is 109 Å². The second-order valence-electron chi connectivity index (χ2n) is 18.6. The first-order valence-corrected chi connectivity index (χ1v) is 23.7. The number of nitrogens with zero attached hydrogens (tertiary/aromatic N) is 4. The third-order valence-corrected chi connectivity index (χ3v) is 14.1. The van der Waals surface area contributed by atoms with Gasteiger partial charge in [0.05, 0.1) is 12.1 Å². The van der Waals surface area contributed by atoms with Crippen LogP contribution >= 0.6 is 0 Å². The Kier molecular flexibility index (Phi) is 16.9. The summed E-state index contributed by atoms with van der Waals surface area (Å²) in [6.45, 7) is 2.01. The number of likely N-dealkylation sites (N-methyl/N-ethyl adjacent to an activating group) is 2. The number of amides is 8. The van der Waals surface area contributed by atoms with E-state index in [4.69, 9.17) is 0 Å². The third-order valence-electron chi connectivity index (χ3n) is 14.1. The monoisotopic (exact) mass is 990 g/mol. The van der Waals surface area contributed by atoms with Crippen molar-refractivity contribution in [2.75, 3.05) is 27.2 Å². The second kappa shape index (κ2) is 22.2. The highest BCUT2D eigenvalue weighted by Crippen LogP contribution is 2.33. The quantitative estimate of drug-likeness (QED) is 0.193. The zero-order chi connectivity index (χ0) is 51.2. The lowest BCUT2D eigenvalue weighted by Crippen LogP contribution is -2.59. The largest absolute Gasteiger partial charge is 0.471 e. The minimum atomic E-state index is -5.36. The van der Waals surface area contributed by atoms with Crippen LogP contribution in [0.5, 0.6) is 0 Å². The molecular formula is C48H60F6N8O8. The fraction of sp³-hybridized carbons (Fsp3) is 0.583. The molecule has 2 aliphatic carbocycles.